The van der Waals surface area contributed by atoms with E-state index in [0.717, 1.165) is 0 Å². The molecule has 0 amide bonds. The summed E-state index contributed by atoms with van der Waals surface area (Å²) in [5.74, 6) is 0.658. The summed E-state index contributed by atoms with van der Waals surface area (Å²) in [6.07, 6.45) is 0.478. The molecule has 24 heavy (non-hydrogen) atoms. The van der Waals surface area contributed by atoms with Crippen LogP contribution in [-0.4, -0.2) is 12.0 Å². The maximum atomic E-state index is 12.0. The maximum absolute atomic E-state index is 12.0. The van der Waals surface area contributed by atoms with E-state index in [1.54, 1.807) is 12.1 Å². The van der Waals surface area contributed by atoms with Crippen LogP contribution in [0.3, 0.4) is 0 Å². The fraction of sp³-hybridized carbons (Fsp3) is 0.200. The van der Waals surface area contributed by atoms with Crippen LogP contribution in [0.4, 0.5) is 5.69 Å². The van der Waals surface area contributed by atoms with Gasteiger partial charge in [0.1, 0.15) is 11.5 Å². The van der Waals surface area contributed by atoms with E-state index in [1.807, 2.05) is 6.92 Å². The van der Waals surface area contributed by atoms with Crippen molar-refractivity contribution in [2.24, 2.45) is 0 Å². The normalized spacial score (nSPS) is 11.2. The van der Waals surface area contributed by atoms with E-state index in [1.165, 1.54) is 25.3 Å². The molecule has 0 heterocycles. The third-order valence-corrected chi connectivity index (χ3v) is 4.83. The minimum atomic E-state index is -2.37. The van der Waals surface area contributed by atoms with Crippen molar-refractivity contribution < 1.29 is 18.7 Å². The highest BCUT2D eigenvalue weighted by molar-refractivity contribution is 7.48. The minimum absolute atomic E-state index is 0.0465. The van der Waals surface area contributed by atoms with E-state index in [-0.39, 0.29) is 11.0 Å². The monoisotopic (exact) mass is 388 g/mol. The second-order valence-corrected chi connectivity index (χ2v) is 6.88. The number of ether oxygens (including phenoxy) is 1. The van der Waals surface area contributed by atoms with Gasteiger partial charge >= 0.3 is 19.0 Å². The molecule has 1 unspecified atom stereocenters. The van der Waals surface area contributed by atoms with Gasteiger partial charge in [-0.05, 0) is 29.2 Å². The first-order valence-corrected chi connectivity index (χ1v) is 8.76. The molecule has 0 aliphatic carbocycles. The highest BCUT2D eigenvalue weighted by Crippen LogP contribution is 2.37. The van der Waals surface area contributed by atoms with Crippen LogP contribution in [0.2, 0.25) is 10.0 Å². The van der Waals surface area contributed by atoms with Gasteiger partial charge < -0.3 is 4.74 Å². The van der Waals surface area contributed by atoms with E-state index < -0.39 is 13.0 Å². The number of nitro groups is 1. The van der Waals surface area contributed by atoms with Crippen molar-refractivity contribution in [2.75, 3.05) is 7.11 Å². The van der Waals surface area contributed by atoms with E-state index in [9.17, 15) is 14.7 Å². The van der Waals surface area contributed by atoms with Crippen LogP contribution >= 0.6 is 31.2 Å². The molecule has 2 rings (SSSR count). The van der Waals surface area contributed by atoms with E-state index in [4.69, 9.17) is 32.5 Å². The van der Waals surface area contributed by atoms with Crippen LogP contribution in [0.1, 0.15) is 12.5 Å². The Kier molecular flexibility index (Phi) is 6.13. The average Bonchev–Trinajstić information content (AvgIpc) is 2.55. The fourth-order valence-corrected chi connectivity index (χ4v) is 3.24. The lowest BCUT2D eigenvalue weighted by atomic mass is 10.1. The summed E-state index contributed by atoms with van der Waals surface area (Å²) in [5, 5.41) is 11.9. The molecule has 6 nitrogen and oxygen atoms in total. The first-order valence-electron chi connectivity index (χ1n) is 6.83. The van der Waals surface area contributed by atoms with Crippen LogP contribution in [0.25, 0.3) is 0 Å². The third kappa shape index (κ3) is 4.02. The predicted molar refractivity (Wildman–Crippen MR) is 93.3 cm³/mol. The van der Waals surface area contributed by atoms with Crippen LogP contribution < -0.4 is 10.0 Å². The molecule has 0 aliphatic rings. The lowest BCUT2D eigenvalue weighted by Gasteiger charge is -2.11. The lowest BCUT2D eigenvalue weighted by molar-refractivity contribution is -0.383. The second kappa shape index (κ2) is 7.90. The Hall–Kier alpha value is -1.72. The van der Waals surface area contributed by atoms with Crippen molar-refractivity contribution in [1.82, 2.24) is 0 Å². The molecular formula is C15H13Cl2NO5P+. The molecule has 0 saturated carbocycles. The minimum Gasteiger partial charge on any atom is -0.455 e. The van der Waals surface area contributed by atoms with Gasteiger partial charge in [0.2, 0.25) is 0 Å². The molecule has 9 heteroatoms. The molecule has 0 bridgehead atoms. The molecule has 0 N–H and O–H groups in total. The van der Waals surface area contributed by atoms with Crippen LogP contribution in [0.15, 0.2) is 30.3 Å². The topological polar surface area (TPSA) is 78.7 Å². The van der Waals surface area contributed by atoms with E-state index >= 15 is 0 Å². The second-order valence-electron chi connectivity index (χ2n) is 4.68. The summed E-state index contributed by atoms with van der Waals surface area (Å²) >= 11 is 11.9. The van der Waals surface area contributed by atoms with E-state index in [2.05, 4.69) is 0 Å². The van der Waals surface area contributed by atoms with Crippen molar-refractivity contribution >= 4 is 42.2 Å². The molecule has 2 aromatic rings. The van der Waals surface area contributed by atoms with E-state index in [0.29, 0.717) is 33.5 Å². The van der Waals surface area contributed by atoms with Crippen molar-refractivity contribution in [3.63, 3.8) is 0 Å². The van der Waals surface area contributed by atoms with Gasteiger partial charge in [-0.3, -0.25) is 10.1 Å². The van der Waals surface area contributed by atoms with Gasteiger partial charge in [-0.1, -0.05) is 30.1 Å². The van der Waals surface area contributed by atoms with Crippen LogP contribution in [0.5, 0.6) is 11.5 Å². The molecule has 0 spiro atoms. The smallest absolute Gasteiger partial charge is 0.455 e. The fourth-order valence-electron chi connectivity index (χ4n) is 2.04. The van der Waals surface area contributed by atoms with Crippen molar-refractivity contribution in [2.45, 2.75) is 13.3 Å². The van der Waals surface area contributed by atoms with Gasteiger partial charge in [0.05, 0.1) is 17.1 Å². The Labute approximate surface area is 149 Å². The van der Waals surface area contributed by atoms with Gasteiger partial charge in [-0.25, -0.2) is 0 Å². The zero-order valence-corrected chi connectivity index (χ0v) is 15.2. The molecule has 0 aromatic heterocycles. The Morgan fingerprint density at radius 3 is 2.46 bits per heavy atom. The molecule has 126 valence electrons. The number of aryl methyl sites for hydroxylation is 1. The summed E-state index contributed by atoms with van der Waals surface area (Å²) in [4.78, 5) is 10.6. The zero-order chi connectivity index (χ0) is 17.9. The largest absolute Gasteiger partial charge is 0.556 e. The SMILES string of the molecule is CCc1cc([N+](=O)[O-])c([P+](=O)OC)cc1Oc1ccc(Cl)cc1Cl. The summed E-state index contributed by atoms with van der Waals surface area (Å²) in [5.41, 5.74) is 0.306. The van der Waals surface area contributed by atoms with Gasteiger partial charge in [-0.2, -0.15) is 0 Å². The Bertz CT molecular complexity index is 813. The van der Waals surface area contributed by atoms with Gasteiger partial charge in [0, 0.05) is 22.7 Å². The molecule has 0 saturated heterocycles. The maximum Gasteiger partial charge on any atom is 0.556 e. The van der Waals surface area contributed by atoms with Gasteiger partial charge in [-0.15, -0.1) is 4.52 Å². The zero-order valence-electron chi connectivity index (χ0n) is 12.8. The summed E-state index contributed by atoms with van der Waals surface area (Å²) in [6.45, 7) is 1.82. The molecule has 0 aliphatic heterocycles. The lowest BCUT2D eigenvalue weighted by Crippen LogP contribution is -2.08. The summed E-state index contributed by atoms with van der Waals surface area (Å²) in [6, 6.07) is 7.40. The number of nitro benzene ring substituents is 1. The number of benzene rings is 2. The quantitative estimate of drug-likeness (QED) is 0.382. The number of hydrogen-bond donors (Lipinski definition) is 0. The predicted octanol–water partition coefficient (Wildman–Crippen LogP) is 5.27. The first kappa shape index (κ1) is 18.6. The highest BCUT2D eigenvalue weighted by Gasteiger charge is 2.34. The molecule has 1 atom stereocenters. The molecular weight excluding hydrogens is 376 g/mol. The third-order valence-electron chi connectivity index (χ3n) is 3.21. The van der Waals surface area contributed by atoms with Gasteiger partial charge in [0.15, 0.2) is 0 Å². The van der Waals surface area contributed by atoms with Crippen LogP contribution in [0, 0.1) is 10.1 Å². The molecule has 0 fully saturated rings. The Morgan fingerprint density at radius 2 is 1.92 bits per heavy atom. The summed E-state index contributed by atoms with van der Waals surface area (Å²) < 4.78 is 22.5. The van der Waals surface area contributed by atoms with Gasteiger partial charge in [0.25, 0.3) is 0 Å². The first-order chi connectivity index (χ1) is 11.4. The van der Waals surface area contributed by atoms with Crippen molar-refractivity contribution in [1.29, 1.82) is 0 Å². The molecule has 0 radical (unpaired) electrons. The highest BCUT2D eigenvalue weighted by atomic mass is 35.5. The number of halogens is 2. The Morgan fingerprint density at radius 1 is 1.21 bits per heavy atom. The molecule has 2 aromatic carbocycles. The van der Waals surface area contributed by atoms with Crippen LogP contribution in [-0.2, 0) is 15.5 Å². The number of rotatable bonds is 6. The number of hydrogen-bond acceptors (Lipinski definition) is 5. The standard InChI is InChI=1S/C15H13Cl2NO5P/c1-3-9-6-12(18(19)20)15(24(21)22-2)8-14(9)23-13-5-4-10(16)7-11(13)17/h4-8H,3H2,1-2H3/q+1. The summed E-state index contributed by atoms with van der Waals surface area (Å²) in [7, 11) is -1.16. The van der Waals surface area contributed by atoms with Crippen molar-refractivity contribution in [3.8, 4) is 11.5 Å². The van der Waals surface area contributed by atoms with Crippen molar-refractivity contribution in [3.05, 3.63) is 56.1 Å². The number of nitrogens with zero attached hydrogens (tertiary/aromatic N) is 1. The average molecular weight is 389 g/mol. The Balaban J connectivity index is 2.56.